The number of anilines is 1. The molecule has 1 aliphatic rings. The van der Waals surface area contributed by atoms with Crippen LogP contribution in [0.15, 0.2) is 30.3 Å². The predicted molar refractivity (Wildman–Crippen MR) is 128 cm³/mol. The van der Waals surface area contributed by atoms with Crippen LogP contribution in [0, 0.1) is 5.82 Å². The van der Waals surface area contributed by atoms with Crippen LogP contribution in [0.1, 0.15) is 49.4 Å². The normalized spacial score (nSPS) is 18.7. The first-order valence-electron chi connectivity index (χ1n) is 11.1. The summed E-state index contributed by atoms with van der Waals surface area (Å²) in [5.41, 5.74) is 4.52. The number of hydrogen-bond donors (Lipinski definition) is 0. The quantitative estimate of drug-likeness (QED) is 0.524. The molecule has 33 heavy (non-hydrogen) atoms. The van der Waals surface area contributed by atoms with Crippen LogP contribution in [0.4, 0.5) is 10.2 Å². The van der Waals surface area contributed by atoms with Gasteiger partial charge in [-0.05, 0) is 35.3 Å². The lowest BCUT2D eigenvalue weighted by atomic mass is 9.89. The number of carbonyl (C=O) groups excluding carboxylic acids is 1. The first kappa shape index (κ1) is 24.9. The summed E-state index contributed by atoms with van der Waals surface area (Å²) < 4.78 is 30.2. The van der Waals surface area contributed by atoms with E-state index < -0.39 is 6.10 Å². The highest BCUT2D eigenvalue weighted by molar-refractivity contribution is 5.83. The van der Waals surface area contributed by atoms with E-state index in [1.54, 1.807) is 26.4 Å². The predicted octanol–water partition coefficient (Wildman–Crippen LogP) is 4.96. The van der Waals surface area contributed by atoms with Gasteiger partial charge in [-0.25, -0.2) is 9.37 Å². The number of cyclic esters (lactones) is 1. The number of benzene rings is 1. The van der Waals surface area contributed by atoms with Crippen LogP contribution in [0.5, 0.6) is 0 Å². The second-order valence-corrected chi connectivity index (χ2v) is 8.76. The molecule has 1 aromatic carbocycles. The fourth-order valence-corrected chi connectivity index (χ4v) is 4.14. The zero-order chi connectivity index (χ0) is 24.1. The third-order valence-electron chi connectivity index (χ3n) is 5.72. The van der Waals surface area contributed by atoms with Crippen LogP contribution >= 0.6 is 0 Å². The molecule has 3 rings (SSSR count). The van der Waals surface area contributed by atoms with Crippen LogP contribution in [0.3, 0.4) is 0 Å². The van der Waals surface area contributed by atoms with Crippen LogP contribution in [0.25, 0.3) is 17.2 Å². The lowest BCUT2D eigenvalue weighted by Gasteiger charge is -2.27. The second kappa shape index (κ2) is 10.9. The number of nitrogens with zero attached hydrogens (tertiary/aromatic N) is 2. The minimum absolute atomic E-state index is 0.125. The summed E-state index contributed by atoms with van der Waals surface area (Å²) in [5.74, 6) is 0.363. The SMILES string of the molecule is COCc1c(N(C)C)nc(C(C)C)c(/C=C/C2CC(OC)CC(=O)O2)c1-c1ccc(F)cc1. The van der Waals surface area contributed by atoms with E-state index in [1.165, 1.54) is 12.1 Å². The molecule has 1 saturated heterocycles. The maximum Gasteiger partial charge on any atom is 0.309 e. The number of rotatable bonds is 8. The Morgan fingerprint density at radius 3 is 2.52 bits per heavy atom. The number of esters is 1. The van der Waals surface area contributed by atoms with Gasteiger partial charge < -0.3 is 19.1 Å². The molecular formula is C26H33FN2O4. The van der Waals surface area contributed by atoms with E-state index in [2.05, 4.69) is 13.8 Å². The molecule has 1 aromatic heterocycles. The average molecular weight is 457 g/mol. The number of ether oxygens (including phenoxy) is 3. The minimum Gasteiger partial charge on any atom is -0.458 e. The molecule has 0 radical (unpaired) electrons. The lowest BCUT2D eigenvalue weighted by Crippen LogP contribution is -2.32. The van der Waals surface area contributed by atoms with Crippen LogP contribution < -0.4 is 4.90 Å². The molecule has 6 nitrogen and oxygen atoms in total. The summed E-state index contributed by atoms with van der Waals surface area (Å²) in [5, 5.41) is 0. The zero-order valence-electron chi connectivity index (χ0n) is 20.2. The maximum atomic E-state index is 13.7. The van der Waals surface area contributed by atoms with Gasteiger partial charge in [0, 0.05) is 45.9 Å². The van der Waals surface area contributed by atoms with Crippen molar-refractivity contribution in [2.45, 2.75) is 51.4 Å². The summed E-state index contributed by atoms with van der Waals surface area (Å²) >= 11 is 0. The molecule has 0 saturated carbocycles. The molecule has 0 bridgehead atoms. The van der Waals surface area contributed by atoms with Gasteiger partial charge >= 0.3 is 5.97 Å². The highest BCUT2D eigenvalue weighted by Crippen LogP contribution is 2.38. The Bertz CT molecular complexity index is 1000. The van der Waals surface area contributed by atoms with Gasteiger partial charge in [-0.2, -0.15) is 0 Å². The summed E-state index contributed by atoms with van der Waals surface area (Å²) in [6, 6.07) is 6.45. The highest BCUT2D eigenvalue weighted by Gasteiger charge is 2.28. The van der Waals surface area contributed by atoms with Crippen molar-refractivity contribution >= 4 is 17.9 Å². The van der Waals surface area contributed by atoms with E-state index in [-0.39, 0.29) is 30.2 Å². The van der Waals surface area contributed by atoms with E-state index in [0.29, 0.717) is 13.0 Å². The lowest BCUT2D eigenvalue weighted by molar-refractivity contribution is -0.157. The average Bonchev–Trinajstić information content (AvgIpc) is 2.77. The fraction of sp³-hybridized carbons (Fsp3) is 0.462. The van der Waals surface area contributed by atoms with Crippen molar-refractivity contribution in [2.24, 2.45) is 0 Å². The van der Waals surface area contributed by atoms with Gasteiger partial charge in [0.1, 0.15) is 17.7 Å². The Hall–Kier alpha value is -2.77. The van der Waals surface area contributed by atoms with E-state index in [0.717, 1.165) is 33.8 Å². The summed E-state index contributed by atoms with van der Waals surface area (Å²) in [4.78, 5) is 19.0. The summed E-state index contributed by atoms with van der Waals surface area (Å²) in [6.45, 7) is 4.52. The van der Waals surface area contributed by atoms with Gasteiger partial charge in [0.05, 0.1) is 24.8 Å². The maximum absolute atomic E-state index is 13.7. The first-order chi connectivity index (χ1) is 15.7. The van der Waals surface area contributed by atoms with Gasteiger partial charge in [0.25, 0.3) is 0 Å². The second-order valence-electron chi connectivity index (χ2n) is 8.76. The molecule has 1 fully saturated rings. The van der Waals surface area contributed by atoms with Crippen molar-refractivity contribution in [2.75, 3.05) is 33.2 Å². The molecule has 0 spiro atoms. The highest BCUT2D eigenvalue weighted by atomic mass is 19.1. The minimum atomic E-state index is -0.392. The first-order valence-corrected chi connectivity index (χ1v) is 11.1. The van der Waals surface area contributed by atoms with Gasteiger partial charge in [0.2, 0.25) is 0 Å². The number of carbonyl (C=O) groups is 1. The van der Waals surface area contributed by atoms with Crippen molar-refractivity contribution < 1.29 is 23.4 Å². The third-order valence-corrected chi connectivity index (χ3v) is 5.72. The Balaban J connectivity index is 2.22. The molecule has 2 heterocycles. The third kappa shape index (κ3) is 5.78. The molecule has 178 valence electrons. The number of methoxy groups -OCH3 is 2. The Labute approximate surface area is 195 Å². The molecule has 7 heteroatoms. The monoisotopic (exact) mass is 456 g/mol. The van der Waals surface area contributed by atoms with Crippen LogP contribution in [-0.2, 0) is 25.6 Å². The van der Waals surface area contributed by atoms with Gasteiger partial charge in [0.15, 0.2) is 0 Å². The van der Waals surface area contributed by atoms with Gasteiger partial charge in [-0.1, -0.05) is 32.1 Å². The van der Waals surface area contributed by atoms with Gasteiger partial charge in [-0.15, -0.1) is 0 Å². The van der Waals surface area contributed by atoms with Crippen molar-refractivity contribution in [3.8, 4) is 11.1 Å². The molecule has 0 aliphatic carbocycles. The van der Waals surface area contributed by atoms with Crippen molar-refractivity contribution in [1.29, 1.82) is 0 Å². The van der Waals surface area contributed by atoms with E-state index in [4.69, 9.17) is 19.2 Å². The molecule has 2 atom stereocenters. The number of aromatic nitrogens is 1. The molecule has 0 N–H and O–H groups in total. The van der Waals surface area contributed by atoms with Gasteiger partial charge in [-0.3, -0.25) is 4.79 Å². The fourth-order valence-electron chi connectivity index (χ4n) is 4.14. The Morgan fingerprint density at radius 2 is 1.94 bits per heavy atom. The largest absolute Gasteiger partial charge is 0.458 e. The molecule has 2 aromatic rings. The van der Waals surface area contributed by atoms with Crippen LogP contribution in [-0.4, -0.2) is 51.5 Å². The van der Waals surface area contributed by atoms with Crippen molar-refractivity contribution in [3.63, 3.8) is 0 Å². The summed E-state index contributed by atoms with van der Waals surface area (Å²) in [7, 11) is 7.14. The van der Waals surface area contributed by atoms with Crippen molar-refractivity contribution in [3.05, 3.63) is 53.0 Å². The van der Waals surface area contributed by atoms with E-state index >= 15 is 0 Å². The standard InChI is InChI=1S/C26H33FN2O4/c1-16(2)25-21(12-11-19-13-20(32-6)14-23(30)33-19)24(17-7-9-18(27)10-8-17)22(15-31-5)26(28-25)29(3)4/h7-12,16,19-20H,13-15H2,1-6H3/b12-11+. The molecule has 2 unspecified atom stereocenters. The van der Waals surface area contributed by atoms with E-state index in [1.807, 2.05) is 31.1 Å². The Morgan fingerprint density at radius 1 is 1.24 bits per heavy atom. The number of pyridine rings is 1. The molecule has 1 aliphatic heterocycles. The van der Waals surface area contributed by atoms with E-state index in [9.17, 15) is 9.18 Å². The van der Waals surface area contributed by atoms with Crippen molar-refractivity contribution in [1.82, 2.24) is 4.98 Å². The van der Waals surface area contributed by atoms with Crippen LogP contribution in [0.2, 0.25) is 0 Å². The summed E-state index contributed by atoms with van der Waals surface area (Å²) in [6.07, 6.45) is 4.16. The number of halogens is 1. The topological polar surface area (TPSA) is 60.9 Å². The number of hydrogen-bond acceptors (Lipinski definition) is 6. The molecule has 0 amide bonds. The smallest absolute Gasteiger partial charge is 0.309 e. The zero-order valence-corrected chi connectivity index (χ0v) is 20.2. The molecular weight excluding hydrogens is 423 g/mol. The Kier molecular flexibility index (Phi) is 8.21.